The highest BCUT2D eigenvalue weighted by atomic mass is 32.2. The maximum Gasteiger partial charge on any atom is 0.416 e. The molecule has 0 radical (unpaired) electrons. The topological polar surface area (TPSA) is 54.4 Å². The van der Waals surface area contributed by atoms with Gasteiger partial charge in [-0.1, -0.05) is 17.7 Å². The van der Waals surface area contributed by atoms with Gasteiger partial charge in [0.15, 0.2) is 0 Å². The van der Waals surface area contributed by atoms with Crippen LogP contribution in [-0.4, -0.2) is 13.0 Å². The standard InChI is InChI=1S/C7H5F3O3S.C7H8S/c8-7(9,10)5-1-3-6(4-2-5)14(11,12)13;1-6-2-4-7(8)5-3-6/h1-4H,(H,11,12,13);2-5,8H,1H3. The minimum atomic E-state index is -4.52. The molecule has 0 atom stereocenters. The maximum atomic E-state index is 12.0. The molecular formula is C14H13F3O3S2. The van der Waals surface area contributed by atoms with E-state index in [0.29, 0.717) is 24.3 Å². The molecule has 22 heavy (non-hydrogen) atoms. The molecule has 0 aliphatic carbocycles. The number of aryl methyl sites for hydroxylation is 1. The smallest absolute Gasteiger partial charge is 0.282 e. The second-order valence-corrected chi connectivity index (χ2v) is 6.27. The largest absolute Gasteiger partial charge is 0.416 e. The van der Waals surface area contributed by atoms with Crippen molar-refractivity contribution in [2.24, 2.45) is 0 Å². The molecule has 2 aromatic carbocycles. The Kier molecular flexibility index (Phi) is 6.04. The van der Waals surface area contributed by atoms with E-state index in [2.05, 4.69) is 19.6 Å². The summed E-state index contributed by atoms with van der Waals surface area (Å²) < 4.78 is 65.4. The van der Waals surface area contributed by atoms with E-state index in [0.717, 1.165) is 4.90 Å². The number of benzene rings is 2. The van der Waals surface area contributed by atoms with E-state index < -0.39 is 26.8 Å². The summed E-state index contributed by atoms with van der Waals surface area (Å²) in [5.74, 6) is 0. The van der Waals surface area contributed by atoms with Crippen LogP contribution in [0, 0.1) is 6.92 Å². The van der Waals surface area contributed by atoms with Crippen LogP contribution in [0.2, 0.25) is 0 Å². The van der Waals surface area contributed by atoms with Crippen LogP contribution in [-0.2, 0) is 16.3 Å². The van der Waals surface area contributed by atoms with Crippen LogP contribution < -0.4 is 0 Å². The molecule has 0 unspecified atom stereocenters. The maximum absolute atomic E-state index is 12.0. The van der Waals surface area contributed by atoms with Gasteiger partial charge in [-0.3, -0.25) is 4.55 Å². The minimum absolute atomic E-state index is 0.564. The van der Waals surface area contributed by atoms with E-state index in [1.807, 2.05) is 24.3 Å². The molecule has 120 valence electrons. The predicted molar refractivity (Wildman–Crippen MR) is 79.7 cm³/mol. The van der Waals surface area contributed by atoms with Crippen molar-refractivity contribution in [1.29, 1.82) is 0 Å². The molecule has 8 heteroatoms. The van der Waals surface area contributed by atoms with Crippen LogP contribution >= 0.6 is 12.6 Å². The molecule has 0 heterocycles. The second kappa shape index (κ2) is 7.17. The van der Waals surface area contributed by atoms with Crippen molar-refractivity contribution in [3.8, 4) is 0 Å². The van der Waals surface area contributed by atoms with Gasteiger partial charge in [0.25, 0.3) is 10.1 Å². The van der Waals surface area contributed by atoms with Gasteiger partial charge in [-0.25, -0.2) is 0 Å². The molecule has 0 spiro atoms. The van der Waals surface area contributed by atoms with Crippen LogP contribution in [0.5, 0.6) is 0 Å². The summed E-state index contributed by atoms with van der Waals surface area (Å²) in [4.78, 5) is 0.459. The zero-order valence-corrected chi connectivity index (χ0v) is 13.1. The van der Waals surface area contributed by atoms with Crippen molar-refractivity contribution in [1.82, 2.24) is 0 Å². The van der Waals surface area contributed by atoms with E-state index in [4.69, 9.17) is 4.55 Å². The zero-order chi connectivity index (χ0) is 17.0. The summed E-state index contributed by atoms with van der Waals surface area (Å²) in [6.45, 7) is 2.06. The third-order valence-electron chi connectivity index (χ3n) is 2.51. The van der Waals surface area contributed by atoms with E-state index in [9.17, 15) is 21.6 Å². The van der Waals surface area contributed by atoms with Crippen LogP contribution in [0.15, 0.2) is 58.3 Å². The van der Waals surface area contributed by atoms with E-state index in [1.54, 1.807) is 0 Å². The molecule has 3 nitrogen and oxygen atoms in total. The second-order valence-electron chi connectivity index (χ2n) is 4.33. The van der Waals surface area contributed by atoms with Gasteiger partial charge < -0.3 is 0 Å². The van der Waals surface area contributed by atoms with Gasteiger partial charge in [0.2, 0.25) is 0 Å². The monoisotopic (exact) mass is 350 g/mol. The van der Waals surface area contributed by atoms with Crippen molar-refractivity contribution < 1.29 is 26.1 Å². The third-order valence-corrected chi connectivity index (χ3v) is 3.68. The normalized spacial score (nSPS) is 11.5. The van der Waals surface area contributed by atoms with Gasteiger partial charge in [0, 0.05) is 4.90 Å². The average molecular weight is 350 g/mol. The highest BCUT2D eigenvalue weighted by Gasteiger charge is 2.30. The van der Waals surface area contributed by atoms with Gasteiger partial charge in [-0.2, -0.15) is 21.6 Å². The third kappa shape index (κ3) is 6.08. The van der Waals surface area contributed by atoms with Crippen LogP contribution in [0.25, 0.3) is 0 Å². The van der Waals surface area contributed by atoms with Gasteiger partial charge in [0.05, 0.1) is 10.5 Å². The van der Waals surface area contributed by atoms with E-state index in [-0.39, 0.29) is 0 Å². The summed E-state index contributed by atoms with van der Waals surface area (Å²) in [5.41, 5.74) is 0.313. The number of halogens is 3. The van der Waals surface area contributed by atoms with Gasteiger partial charge in [-0.05, 0) is 43.3 Å². The quantitative estimate of drug-likeness (QED) is 0.598. The number of alkyl halides is 3. The summed E-state index contributed by atoms with van der Waals surface area (Å²) in [5, 5.41) is 0. The molecule has 1 N–H and O–H groups in total. The molecule has 0 aliphatic heterocycles. The molecule has 0 saturated heterocycles. The first kappa shape index (κ1) is 18.5. The molecule has 0 aliphatic rings. The van der Waals surface area contributed by atoms with Crippen LogP contribution in [0.4, 0.5) is 13.2 Å². The Hall–Kier alpha value is -1.51. The lowest BCUT2D eigenvalue weighted by Gasteiger charge is -2.05. The highest BCUT2D eigenvalue weighted by Crippen LogP contribution is 2.29. The van der Waals surface area contributed by atoms with Crippen molar-refractivity contribution in [3.05, 3.63) is 59.7 Å². The number of hydrogen-bond donors (Lipinski definition) is 2. The SMILES string of the molecule is Cc1ccc(S)cc1.O=S(=O)(O)c1ccc(C(F)(F)F)cc1. The first-order chi connectivity index (χ1) is 10.00. The molecule has 0 saturated carbocycles. The van der Waals surface area contributed by atoms with Crippen molar-refractivity contribution >= 4 is 22.7 Å². The molecule has 0 amide bonds. The highest BCUT2D eigenvalue weighted by molar-refractivity contribution is 7.85. The Bertz CT molecular complexity index is 685. The van der Waals surface area contributed by atoms with E-state index in [1.165, 1.54) is 5.56 Å². The first-order valence-corrected chi connectivity index (χ1v) is 7.79. The van der Waals surface area contributed by atoms with Crippen LogP contribution in [0.3, 0.4) is 0 Å². The molecule has 2 aromatic rings. The van der Waals surface area contributed by atoms with Crippen molar-refractivity contribution in [3.63, 3.8) is 0 Å². The number of rotatable bonds is 1. The summed E-state index contributed by atoms with van der Waals surface area (Å²) in [7, 11) is -4.43. The Balaban J connectivity index is 0.000000255. The van der Waals surface area contributed by atoms with Gasteiger partial charge in [-0.15, -0.1) is 12.6 Å². The Morgan fingerprint density at radius 3 is 1.73 bits per heavy atom. The minimum Gasteiger partial charge on any atom is -0.282 e. The lowest BCUT2D eigenvalue weighted by atomic mass is 10.2. The summed E-state index contributed by atoms with van der Waals surface area (Å²) in [6.07, 6.45) is -4.52. The molecule has 2 rings (SSSR count). The Labute approximate surface area is 132 Å². The molecular weight excluding hydrogens is 337 g/mol. The average Bonchev–Trinajstić information content (AvgIpc) is 2.41. The summed E-state index contributed by atoms with van der Waals surface area (Å²) in [6, 6.07) is 10.6. The van der Waals surface area contributed by atoms with Crippen LogP contribution in [0.1, 0.15) is 11.1 Å². The molecule has 0 aromatic heterocycles. The zero-order valence-electron chi connectivity index (χ0n) is 11.4. The Morgan fingerprint density at radius 1 is 0.955 bits per heavy atom. The van der Waals surface area contributed by atoms with E-state index >= 15 is 0 Å². The number of hydrogen-bond acceptors (Lipinski definition) is 3. The molecule has 0 fully saturated rings. The lowest BCUT2D eigenvalue weighted by Crippen LogP contribution is -2.05. The van der Waals surface area contributed by atoms with Gasteiger partial charge >= 0.3 is 6.18 Å². The fraction of sp³-hybridized carbons (Fsp3) is 0.143. The van der Waals surface area contributed by atoms with Crippen molar-refractivity contribution in [2.45, 2.75) is 22.9 Å². The molecule has 0 bridgehead atoms. The van der Waals surface area contributed by atoms with Gasteiger partial charge in [0.1, 0.15) is 0 Å². The fourth-order valence-corrected chi connectivity index (χ4v) is 1.99. The summed E-state index contributed by atoms with van der Waals surface area (Å²) >= 11 is 4.13. The lowest BCUT2D eigenvalue weighted by molar-refractivity contribution is -0.137. The predicted octanol–water partition coefficient (Wildman–Crippen LogP) is 4.24. The number of thiol groups is 1. The Morgan fingerprint density at radius 2 is 1.41 bits per heavy atom. The first-order valence-electron chi connectivity index (χ1n) is 5.90. The fourth-order valence-electron chi connectivity index (χ4n) is 1.36. The van der Waals surface area contributed by atoms with Crippen molar-refractivity contribution in [2.75, 3.05) is 0 Å².